The van der Waals surface area contributed by atoms with Gasteiger partial charge in [-0.1, -0.05) is 63.3 Å². The number of halogens is 3. The van der Waals surface area contributed by atoms with Gasteiger partial charge in [0.25, 0.3) is 0 Å². The number of hydrogen-bond acceptors (Lipinski definition) is 7. The van der Waals surface area contributed by atoms with Crippen molar-refractivity contribution in [2.75, 3.05) is 7.11 Å². The Morgan fingerprint density at radius 3 is 2.49 bits per heavy atom. The molecule has 0 spiro atoms. The van der Waals surface area contributed by atoms with Crippen molar-refractivity contribution in [1.82, 2.24) is 5.16 Å². The van der Waals surface area contributed by atoms with E-state index in [2.05, 4.69) is 10.3 Å². The van der Waals surface area contributed by atoms with Gasteiger partial charge in [0.15, 0.2) is 5.60 Å². The van der Waals surface area contributed by atoms with Crippen LogP contribution in [0.2, 0.25) is 15.1 Å². The molecule has 1 aromatic heterocycles. The zero-order chi connectivity index (χ0) is 28.7. The van der Waals surface area contributed by atoms with Crippen molar-refractivity contribution in [2.24, 2.45) is 5.16 Å². The Labute approximate surface area is 251 Å². The van der Waals surface area contributed by atoms with Crippen LogP contribution in [0.3, 0.4) is 0 Å². The number of methoxy groups -OCH3 is 1. The molecule has 1 unspecified atom stereocenters. The smallest absolute Gasteiger partial charge is 0.337 e. The third kappa shape index (κ3) is 5.42. The van der Waals surface area contributed by atoms with Gasteiger partial charge in [0, 0.05) is 29.0 Å². The van der Waals surface area contributed by atoms with Crippen LogP contribution in [0.25, 0.3) is 11.3 Å². The van der Waals surface area contributed by atoms with E-state index in [4.69, 9.17) is 53.6 Å². The summed E-state index contributed by atoms with van der Waals surface area (Å²) in [4.78, 5) is 17.9. The van der Waals surface area contributed by atoms with Gasteiger partial charge in [-0.3, -0.25) is 0 Å². The number of nitrogens with zero attached hydrogens (tertiary/aromatic N) is 2. The van der Waals surface area contributed by atoms with Gasteiger partial charge >= 0.3 is 5.97 Å². The highest BCUT2D eigenvalue weighted by Gasteiger charge is 2.39. The van der Waals surface area contributed by atoms with Crippen molar-refractivity contribution >= 4 is 46.5 Å². The summed E-state index contributed by atoms with van der Waals surface area (Å²) < 4.78 is 16.8. The zero-order valence-electron chi connectivity index (χ0n) is 22.2. The molecule has 1 aliphatic carbocycles. The Morgan fingerprint density at radius 1 is 1.02 bits per heavy atom. The molecule has 0 N–H and O–H groups in total. The Hall–Kier alpha value is -3.52. The van der Waals surface area contributed by atoms with Crippen LogP contribution in [-0.2, 0) is 21.8 Å². The maximum atomic E-state index is 12.0. The van der Waals surface area contributed by atoms with E-state index in [1.165, 1.54) is 7.11 Å². The summed E-state index contributed by atoms with van der Waals surface area (Å²) >= 11 is 19.7. The van der Waals surface area contributed by atoms with Gasteiger partial charge in [-0.05, 0) is 62.2 Å². The van der Waals surface area contributed by atoms with Crippen LogP contribution in [-0.4, -0.2) is 23.9 Å². The van der Waals surface area contributed by atoms with Crippen LogP contribution in [0.1, 0.15) is 64.9 Å². The summed E-state index contributed by atoms with van der Waals surface area (Å²) in [6.07, 6.45) is 2.53. The topological polar surface area (TPSA) is 83.2 Å². The first-order valence-corrected chi connectivity index (χ1v) is 14.2. The van der Waals surface area contributed by atoms with Crippen molar-refractivity contribution in [3.63, 3.8) is 0 Å². The fraction of sp³-hybridized carbons (Fsp3) is 0.258. The second-order valence-electron chi connectivity index (χ2n) is 10.3. The number of oxime groups is 1. The van der Waals surface area contributed by atoms with Crippen molar-refractivity contribution in [3.8, 4) is 17.0 Å². The summed E-state index contributed by atoms with van der Waals surface area (Å²) in [7, 11) is 1.35. The fourth-order valence-electron chi connectivity index (χ4n) is 5.00. The highest BCUT2D eigenvalue weighted by molar-refractivity contribution is 6.39. The highest BCUT2D eigenvalue weighted by Crippen LogP contribution is 2.46. The molecule has 0 amide bonds. The molecule has 10 heteroatoms. The maximum Gasteiger partial charge on any atom is 0.337 e. The lowest BCUT2D eigenvalue weighted by Gasteiger charge is -2.23. The first kappa shape index (κ1) is 27.6. The fourth-order valence-corrected chi connectivity index (χ4v) is 5.95. The SMILES string of the molecule is COC(=O)c1cccc(C2=NOC(C)(c3ccc(OCc4c(-c5c(Cl)cccc5Cl)noc4C4CC4)cc3Cl)C2)c1. The molecule has 1 fully saturated rings. The summed E-state index contributed by atoms with van der Waals surface area (Å²) in [5, 5.41) is 10.1. The third-order valence-electron chi connectivity index (χ3n) is 7.34. The van der Waals surface area contributed by atoms with Crippen LogP contribution >= 0.6 is 34.8 Å². The van der Waals surface area contributed by atoms with Crippen LogP contribution in [0.4, 0.5) is 0 Å². The summed E-state index contributed by atoms with van der Waals surface area (Å²) in [6.45, 7) is 2.13. The van der Waals surface area contributed by atoms with E-state index in [0.29, 0.717) is 55.7 Å². The molecule has 2 aliphatic rings. The lowest BCUT2D eigenvalue weighted by molar-refractivity contribution is -0.00733. The number of esters is 1. The van der Waals surface area contributed by atoms with Crippen LogP contribution < -0.4 is 4.74 Å². The number of aromatic nitrogens is 1. The quantitative estimate of drug-likeness (QED) is 0.186. The molecular weight excluding hydrogens is 587 g/mol. The molecule has 6 rings (SSSR count). The first-order chi connectivity index (χ1) is 19.8. The van der Waals surface area contributed by atoms with Gasteiger partial charge in [-0.25, -0.2) is 4.79 Å². The molecule has 1 aliphatic heterocycles. The first-order valence-electron chi connectivity index (χ1n) is 13.1. The molecule has 1 atom stereocenters. The van der Waals surface area contributed by atoms with Gasteiger partial charge in [-0.15, -0.1) is 0 Å². The zero-order valence-corrected chi connectivity index (χ0v) is 24.5. The summed E-state index contributed by atoms with van der Waals surface area (Å²) in [6, 6.07) is 17.9. The molecule has 0 bridgehead atoms. The van der Waals surface area contributed by atoms with Crippen LogP contribution in [0, 0.1) is 0 Å². The molecule has 7 nitrogen and oxygen atoms in total. The van der Waals surface area contributed by atoms with E-state index < -0.39 is 11.6 Å². The van der Waals surface area contributed by atoms with E-state index in [-0.39, 0.29) is 6.61 Å². The van der Waals surface area contributed by atoms with Gasteiger partial charge in [0.05, 0.1) is 39.0 Å². The Bertz CT molecular complexity index is 1660. The number of carbonyl (C=O) groups is 1. The molecule has 210 valence electrons. The minimum absolute atomic E-state index is 0.208. The standard InChI is InChI=1S/C31H25Cl3N2O5/c1-31(15-26(35-41-31)18-5-3-6-19(13-18)30(37)38-2)22-12-11-20(14-25(22)34)39-16-21-28(36-40-29(21)17-9-10-17)27-23(32)7-4-8-24(27)33/h3-8,11-14,17H,9-10,15-16H2,1-2H3. The van der Waals surface area contributed by atoms with E-state index >= 15 is 0 Å². The lowest BCUT2D eigenvalue weighted by Crippen LogP contribution is -2.22. The van der Waals surface area contributed by atoms with Crippen LogP contribution in [0.5, 0.6) is 5.75 Å². The number of rotatable bonds is 8. The molecule has 0 radical (unpaired) electrons. The molecule has 4 aromatic rings. The number of benzene rings is 3. The Kier molecular flexibility index (Phi) is 7.45. The minimum atomic E-state index is -0.798. The number of hydrogen-bond donors (Lipinski definition) is 0. The molecule has 3 aromatic carbocycles. The molecular formula is C31H25Cl3N2O5. The second kappa shape index (κ2) is 11.0. The van der Waals surface area contributed by atoms with E-state index in [1.807, 2.05) is 25.1 Å². The predicted octanol–water partition coefficient (Wildman–Crippen LogP) is 8.58. The second-order valence-corrected chi connectivity index (χ2v) is 11.5. The maximum absolute atomic E-state index is 12.0. The predicted molar refractivity (Wildman–Crippen MR) is 157 cm³/mol. The van der Waals surface area contributed by atoms with Crippen molar-refractivity contribution in [2.45, 2.75) is 44.3 Å². The lowest BCUT2D eigenvalue weighted by atomic mass is 9.88. The van der Waals surface area contributed by atoms with Crippen molar-refractivity contribution in [3.05, 3.63) is 104 Å². The summed E-state index contributed by atoms with van der Waals surface area (Å²) in [5.41, 5.74) is 3.92. The van der Waals surface area contributed by atoms with Crippen LogP contribution in [0.15, 0.2) is 70.3 Å². The average molecular weight is 612 g/mol. The van der Waals surface area contributed by atoms with E-state index in [1.54, 1.807) is 42.5 Å². The van der Waals surface area contributed by atoms with Crippen molar-refractivity contribution < 1.29 is 23.6 Å². The molecule has 2 heterocycles. The minimum Gasteiger partial charge on any atom is -0.489 e. The monoisotopic (exact) mass is 610 g/mol. The number of ether oxygens (including phenoxy) is 2. The van der Waals surface area contributed by atoms with Gasteiger partial charge in [0.1, 0.15) is 23.8 Å². The molecule has 1 saturated carbocycles. The van der Waals surface area contributed by atoms with E-state index in [0.717, 1.165) is 35.3 Å². The van der Waals surface area contributed by atoms with E-state index in [9.17, 15) is 4.79 Å². The van der Waals surface area contributed by atoms with Gasteiger partial charge < -0.3 is 18.8 Å². The summed E-state index contributed by atoms with van der Waals surface area (Å²) in [5.74, 6) is 1.27. The Balaban J connectivity index is 1.21. The normalized spacial score (nSPS) is 18.1. The Morgan fingerprint density at radius 2 is 1.78 bits per heavy atom. The third-order valence-corrected chi connectivity index (χ3v) is 8.28. The molecule has 41 heavy (non-hydrogen) atoms. The van der Waals surface area contributed by atoms with Crippen molar-refractivity contribution in [1.29, 1.82) is 0 Å². The molecule has 0 saturated heterocycles. The largest absolute Gasteiger partial charge is 0.489 e. The average Bonchev–Trinajstić information content (AvgIpc) is 3.61. The van der Waals surface area contributed by atoms with Gasteiger partial charge in [0.2, 0.25) is 0 Å². The van der Waals surface area contributed by atoms with Gasteiger partial charge in [-0.2, -0.15) is 0 Å². The highest BCUT2D eigenvalue weighted by atomic mass is 35.5. The number of carbonyl (C=O) groups excluding carboxylic acids is 1.